The zero-order valence-corrected chi connectivity index (χ0v) is 14.6. The van der Waals surface area contributed by atoms with Gasteiger partial charge in [0.2, 0.25) is 0 Å². The van der Waals surface area contributed by atoms with E-state index in [0.717, 1.165) is 50.0 Å². The summed E-state index contributed by atoms with van der Waals surface area (Å²) in [7, 11) is 0. The standard InChI is InChI=1S/C17H25N5O2/c1-13(2)11-22-17(23)5-4-16(18-22)21-8-6-20(7-9-21)12-15-10-14(3)24-19-15/h4-5,10,13H,6-9,11-12H2,1-3H3. The Morgan fingerprint density at radius 1 is 1.21 bits per heavy atom. The average molecular weight is 331 g/mol. The molecule has 1 aliphatic rings. The van der Waals surface area contributed by atoms with Crippen LogP contribution in [0.2, 0.25) is 0 Å². The first-order chi connectivity index (χ1) is 11.5. The fourth-order valence-corrected chi connectivity index (χ4v) is 2.94. The van der Waals surface area contributed by atoms with E-state index in [4.69, 9.17) is 4.52 Å². The molecule has 0 N–H and O–H groups in total. The van der Waals surface area contributed by atoms with Crippen LogP contribution in [-0.2, 0) is 13.1 Å². The highest BCUT2D eigenvalue weighted by atomic mass is 16.5. The molecule has 7 heteroatoms. The van der Waals surface area contributed by atoms with Crippen molar-refractivity contribution in [2.45, 2.75) is 33.9 Å². The molecule has 0 bridgehead atoms. The molecule has 1 fully saturated rings. The Kier molecular flexibility index (Phi) is 4.99. The summed E-state index contributed by atoms with van der Waals surface area (Å²) in [5, 5.41) is 8.59. The van der Waals surface area contributed by atoms with Gasteiger partial charge in [0.25, 0.3) is 5.56 Å². The lowest BCUT2D eigenvalue weighted by Crippen LogP contribution is -2.46. The monoisotopic (exact) mass is 331 g/mol. The zero-order valence-electron chi connectivity index (χ0n) is 14.6. The lowest BCUT2D eigenvalue weighted by atomic mass is 10.2. The SMILES string of the molecule is Cc1cc(CN2CCN(c3ccc(=O)n(CC(C)C)n3)CC2)no1. The van der Waals surface area contributed by atoms with E-state index in [0.29, 0.717) is 12.5 Å². The van der Waals surface area contributed by atoms with E-state index in [9.17, 15) is 4.79 Å². The lowest BCUT2D eigenvalue weighted by Gasteiger charge is -2.35. The van der Waals surface area contributed by atoms with Crippen LogP contribution < -0.4 is 10.5 Å². The minimum absolute atomic E-state index is 0.0347. The van der Waals surface area contributed by atoms with Crippen LogP contribution in [0.5, 0.6) is 0 Å². The van der Waals surface area contributed by atoms with Crippen molar-refractivity contribution in [2.75, 3.05) is 31.1 Å². The van der Waals surface area contributed by atoms with E-state index in [1.165, 1.54) is 0 Å². The second kappa shape index (κ2) is 7.17. The molecule has 0 atom stereocenters. The summed E-state index contributed by atoms with van der Waals surface area (Å²) >= 11 is 0. The van der Waals surface area contributed by atoms with Gasteiger partial charge in [-0.3, -0.25) is 9.69 Å². The van der Waals surface area contributed by atoms with Crippen LogP contribution in [0.3, 0.4) is 0 Å². The average Bonchev–Trinajstić information content (AvgIpc) is 2.95. The molecule has 0 amide bonds. The van der Waals surface area contributed by atoms with Gasteiger partial charge < -0.3 is 9.42 Å². The van der Waals surface area contributed by atoms with Gasteiger partial charge in [-0.2, -0.15) is 5.10 Å². The third kappa shape index (κ3) is 4.03. The quantitative estimate of drug-likeness (QED) is 0.827. The molecule has 1 aliphatic heterocycles. The van der Waals surface area contributed by atoms with Crippen LogP contribution in [0.15, 0.2) is 27.5 Å². The third-order valence-electron chi connectivity index (χ3n) is 4.15. The second-order valence-corrected chi connectivity index (χ2v) is 6.80. The molecule has 24 heavy (non-hydrogen) atoms. The van der Waals surface area contributed by atoms with Gasteiger partial charge in [0.05, 0.1) is 5.69 Å². The van der Waals surface area contributed by atoms with Gasteiger partial charge in [-0.15, -0.1) is 0 Å². The van der Waals surface area contributed by atoms with Crippen molar-refractivity contribution in [1.82, 2.24) is 19.8 Å². The second-order valence-electron chi connectivity index (χ2n) is 6.80. The van der Waals surface area contributed by atoms with E-state index in [-0.39, 0.29) is 5.56 Å². The number of aryl methyl sites for hydroxylation is 1. The van der Waals surface area contributed by atoms with Gasteiger partial charge in [-0.25, -0.2) is 4.68 Å². The van der Waals surface area contributed by atoms with Gasteiger partial charge in [-0.1, -0.05) is 19.0 Å². The van der Waals surface area contributed by atoms with E-state index < -0.39 is 0 Å². The molecule has 0 spiro atoms. The molecule has 3 rings (SSSR count). The summed E-state index contributed by atoms with van der Waals surface area (Å²) in [6, 6.07) is 5.43. The van der Waals surface area contributed by atoms with Crippen LogP contribution in [0.4, 0.5) is 5.82 Å². The van der Waals surface area contributed by atoms with E-state index in [2.05, 4.69) is 33.9 Å². The van der Waals surface area contributed by atoms with E-state index in [1.807, 2.05) is 19.1 Å². The third-order valence-corrected chi connectivity index (χ3v) is 4.15. The zero-order chi connectivity index (χ0) is 17.1. The molecule has 0 unspecified atom stereocenters. The number of hydrogen-bond donors (Lipinski definition) is 0. The maximum Gasteiger partial charge on any atom is 0.266 e. The maximum atomic E-state index is 11.9. The Bertz CT molecular complexity index is 729. The van der Waals surface area contributed by atoms with E-state index in [1.54, 1.807) is 10.7 Å². The molecule has 1 saturated heterocycles. The van der Waals surface area contributed by atoms with Crippen LogP contribution in [0.25, 0.3) is 0 Å². The fourth-order valence-electron chi connectivity index (χ4n) is 2.94. The first kappa shape index (κ1) is 16.7. The molecule has 3 heterocycles. The molecule has 130 valence electrons. The van der Waals surface area contributed by atoms with Crippen molar-refractivity contribution < 1.29 is 4.52 Å². The van der Waals surface area contributed by atoms with Crippen LogP contribution in [0.1, 0.15) is 25.3 Å². The van der Waals surface area contributed by atoms with Crippen LogP contribution >= 0.6 is 0 Å². The van der Waals surface area contributed by atoms with Gasteiger partial charge in [0, 0.05) is 51.4 Å². The first-order valence-electron chi connectivity index (χ1n) is 8.49. The Morgan fingerprint density at radius 2 is 1.96 bits per heavy atom. The summed E-state index contributed by atoms with van der Waals surface area (Å²) < 4.78 is 6.70. The number of aromatic nitrogens is 3. The molecule has 0 saturated carbocycles. The number of hydrogen-bond acceptors (Lipinski definition) is 6. The molecule has 2 aromatic heterocycles. The van der Waals surface area contributed by atoms with Crippen molar-refractivity contribution in [2.24, 2.45) is 5.92 Å². The summed E-state index contributed by atoms with van der Waals surface area (Å²) in [6.07, 6.45) is 0. The first-order valence-corrected chi connectivity index (χ1v) is 8.49. The predicted molar refractivity (Wildman–Crippen MR) is 92.1 cm³/mol. The molecule has 0 aromatic carbocycles. The highest BCUT2D eigenvalue weighted by Crippen LogP contribution is 2.14. The predicted octanol–water partition coefficient (Wildman–Crippen LogP) is 1.52. The Hall–Kier alpha value is -2.15. The minimum Gasteiger partial charge on any atom is -0.361 e. The van der Waals surface area contributed by atoms with Crippen molar-refractivity contribution in [3.8, 4) is 0 Å². The summed E-state index contributed by atoms with van der Waals surface area (Å²) in [4.78, 5) is 16.5. The highest BCUT2D eigenvalue weighted by molar-refractivity contribution is 5.37. The molecular weight excluding hydrogens is 306 g/mol. The topological polar surface area (TPSA) is 67.4 Å². The van der Waals surface area contributed by atoms with E-state index >= 15 is 0 Å². The van der Waals surface area contributed by atoms with Gasteiger partial charge >= 0.3 is 0 Å². The molecule has 0 radical (unpaired) electrons. The lowest BCUT2D eigenvalue weighted by molar-refractivity contribution is 0.241. The smallest absolute Gasteiger partial charge is 0.266 e. The van der Waals surface area contributed by atoms with Crippen molar-refractivity contribution >= 4 is 5.82 Å². The largest absolute Gasteiger partial charge is 0.361 e. The number of anilines is 1. The molecule has 2 aromatic rings. The van der Waals surface area contributed by atoms with Crippen molar-refractivity contribution in [3.63, 3.8) is 0 Å². The fraction of sp³-hybridized carbons (Fsp3) is 0.588. The Balaban J connectivity index is 1.61. The Labute approximate surface area is 141 Å². The van der Waals surface area contributed by atoms with Gasteiger partial charge in [0.15, 0.2) is 0 Å². The van der Waals surface area contributed by atoms with Gasteiger partial charge in [-0.05, 0) is 18.9 Å². The molecule has 7 nitrogen and oxygen atoms in total. The number of rotatable bonds is 5. The molecule has 0 aliphatic carbocycles. The van der Waals surface area contributed by atoms with Crippen LogP contribution in [-0.4, -0.2) is 46.0 Å². The van der Waals surface area contributed by atoms with Crippen LogP contribution in [0, 0.1) is 12.8 Å². The minimum atomic E-state index is -0.0347. The summed E-state index contributed by atoms with van der Waals surface area (Å²) in [6.45, 7) is 11.2. The number of piperazine rings is 1. The highest BCUT2D eigenvalue weighted by Gasteiger charge is 2.19. The Morgan fingerprint density at radius 3 is 2.58 bits per heavy atom. The maximum absolute atomic E-state index is 11.9. The number of nitrogens with zero attached hydrogens (tertiary/aromatic N) is 5. The summed E-state index contributed by atoms with van der Waals surface area (Å²) in [5.41, 5.74) is 0.942. The normalized spacial score (nSPS) is 16.1. The molecular formula is C17H25N5O2. The van der Waals surface area contributed by atoms with Crippen molar-refractivity contribution in [1.29, 1.82) is 0 Å². The van der Waals surface area contributed by atoms with Crippen molar-refractivity contribution in [3.05, 3.63) is 40.0 Å². The van der Waals surface area contributed by atoms with Gasteiger partial charge in [0.1, 0.15) is 11.6 Å². The summed E-state index contributed by atoms with van der Waals surface area (Å²) in [5.74, 6) is 2.13.